The molecule has 0 radical (unpaired) electrons. The molecule has 9 heteroatoms. The molecule has 1 atom stereocenters. The fourth-order valence-electron chi connectivity index (χ4n) is 3.52. The van der Waals surface area contributed by atoms with Crippen LogP contribution in [0.5, 0.6) is 0 Å². The molecule has 1 aromatic carbocycles. The van der Waals surface area contributed by atoms with Gasteiger partial charge in [0.05, 0.1) is 17.1 Å². The fourth-order valence-corrected chi connectivity index (χ4v) is 3.52. The van der Waals surface area contributed by atoms with Crippen LogP contribution < -0.4 is 10.2 Å². The van der Waals surface area contributed by atoms with Gasteiger partial charge < -0.3 is 10.2 Å². The van der Waals surface area contributed by atoms with Gasteiger partial charge in [0.1, 0.15) is 0 Å². The summed E-state index contributed by atoms with van der Waals surface area (Å²) >= 11 is 0. The molecule has 0 spiro atoms. The molecular formula is C18H22N8O. The van der Waals surface area contributed by atoms with Crippen molar-refractivity contribution in [2.75, 3.05) is 17.3 Å². The molecule has 1 unspecified atom stereocenters. The third kappa shape index (κ3) is 2.66. The van der Waals surface area contributed by atoms with E-state index in [-0.39, 0.29) is 11.9 Å². The topological polar surface area (TPSA) is 105 Å². The van der Waals surface area contributed by atoms with Gasteiger partial charge in [-0.2, -0.15) is 5.10 Å². The number of carbonyl (C=O) groups is 1. The number of tetrazole rings is 1. The predicted octanol–water partition coefficient (Wildman–Crippen LogP) is 2.60. The van der Waals surface area contributed by atoms with Crippen molar-refractivity contribution in [2.24, 2.45) is 0 Å². The van der Waals surface area contributed by atoms with Crippen LogP contribution >= 0.6 is 0 Å². The molecule has 0 bridgehead atoms. The molecule has 0 aliphatic carbocycles. The number of allylic oxidation sites excluding steroid dienone is 1. The zero-order chi connectivity index (χ0) is 19.3. The van der Waals surface area contributed by atoms with Crippen LogP contribution in [0.3, 0.4) is 0 Å². The summed E-state index contributed by atoms with van der Waals surface area (Å²) in [5.74, 6) is 0.774. The van der Waals surface area contributed by atoms with Gasteiger partial charge >= 0.3 is 0 Å². The maximum atomic E-state index is 13.1. The Kier molecular flexibility index (Phi) is 3.94. The molecule has 140 valence electrons. The number of H-pyrrole nitrogens is 1. The number of aromatic nitrogens is 6. The number of hydrogen-bond donors (Lipinski definition) is 2. The summed E-state index contributed by atoms with van der Waals surface area (Å²) in [5.41, 5.74) is 4.13. The van der Waals surface area contributed by atoms with E-state index in [0.29, 0.717) is 17.4 Å². The molecule has 4 rings (SSSR count). The zero-order valence-corrected chi connectivity index (χ0v) is 16.0. The van der Waals surface area contributed by atoms with E-state index in [1.165, 1.54) is 0 Å². The lowest BCUT2D eigenvalue weighted by atomic mass is 10.0. The van der Waals surface area contributed by atoms with Crippen molar-refractivity contribution in [2.45, 2.75) is 39.7 Å². The summed E-state index contributed by atoms with van der Waals surface area (Å²) in [4.78, 5) is 14.9. The summed E-state index contributed by atoms with van der Waals surface area (Å²) in [6, 6.07) is 5.47. The summed E-state index contributed by atoms with van der Waals surface area (Å²) in [6.45, 7) is 8.03. The van der Waals surface area contributed by atoms with Crippen LogP contribution in [0.4, 0.5) is 11.6 Å². The number of amides is 1. The molecule has 27 heavy (non-hydrogen) atoms. The highest BCUT2D eigenvalue weighted by Crippen LogP contribution is 2.33. The lowest BCUT2D eigenvalue weighted by Gasteiger charge is -2.30. The van der Waals surface area contributed by atoms with Crippen molar-refractivity contribution in [3.05, 3.63) is 35.2 Å². The SMILES string of the molecule is CC1=C(C(=O)Nc2ccc3n[nH]c(C(C)C)c3c2)C(C)n2nnnc2N1C. The summed E-state index contributed by atoms with van der Waals surface area (Å²) in [5, 5.41) is 23.2. The lowest BCUT2D eigenvalue weighted by Crippen LogP contribution is -2.34. The first-order chi connectivity index (χ1) is 12.9. The van der Waals surface area contributed by atoms with Gasteiger partial charge in [0, 0.05) is 29.5 Å². The third-order valence-corrected chi connectivity index (χ3v) is 5.12. The summed E-state index contributed by atoms with van der Waals surface area (Å²) < 4.78 is 1.65. The third-order valence-electron chi connectivity index (χ3n) is 5.12. The number of aromatic amines is 1. The minimum atomic E-state index is -0.255. The number of hydrogen-bond acceptors (Lipinski definition) is 6. The number of anilines is 2. The maximum absolute atomic E-state index is 13.1. The molecule has 9 nitrogen and oxygen atoms in total. The molecule has 3 aromatic rings. The Bertz CT molecular complexity index is 1060. The van der Waals surface area contributed by atoms with Gasteiger partial charge in [-0.3, -0.25) is 9.89 Å². The van der Waals surface area contributed by atoms with E-state index >= 15 is 0 Å². The van der Waals surface area contributed by atoms with Crippen molar-refractivity contribution in [1.82, 2.24) is 30.4 Å². The quantitative estimate of drug-likeness (QED) is 0.738. The Morgan fingerprint density at radius 1 is 1.33 bits per heavy atom. The highest BCUT2D eigenvalue weighted by atomic mass is 16.1. The summed E-state index contributed by atoms with van der Waals surface area (Å²) in [7, 11) is 1.85. The second-order valence-electron chi connectivity index (χ2n) is 7.14. The average Bonchev–Trinajstić information content (AvgIpc) is 3.27. The Labute approximate surface area is 156 Å². The monoisotopic (exact) mass is 366 g/mol. The van der Waals surface area contributed by atoms with E-state index in [2.05, 4.69) is 44.9 Å². The number of benzene rings is 1. The first-order valence-corrected chi connectivity index (χ1v) is 8.90. The van der Waals surface area contributed by atoms with Gasteiger partial charge in [0.2, 0.25) is 5.95 Å². The molecule has 0 saturated heterocycles. The van der Waals surface area contributed by atoms with Crippen molar-refractivity contribution in [3.8, 4) is 0 Å². The molecule has 2 aromatic heterocycles. The van der Waals surface area contributed by atoms with E-state index in [1.54, 1.807) is 4.68 Å². The molecule has 3 heterocycles. The minimum Gasteiger partial charge on any atom is -0.322 e. The smallest absolute Gasteiger partial charge is 0.255 e. The van der Waals surface area contributed by atoms with Crippen LogP contribution in [-0.4, -0.2) is 43.4 Å². The molecule has 0 fully saturated rings. The highest BCUT2D eigenvalue weighted by Gasteiger charge is 2.32. The van der Waals surface area contributed by atoms with Crippen LogP contribution in [0.2, 0.25) is 0 Å². The van der Waals surface area contributed by atoms with E-state index in [4.69, 9.17) is 0 Å². The number of rotatable bonds is 3. The largest absolute Gasteiger partial charge is 0.322 e. The van der Waals surface area contributed by atoms with Gasteiger partial charge in [-0.25, -0.2) is 4.68 Å². The Morgan fingerprint density at radius 2 is 2.11 bits per heavy atom. The minimum absolute atomic E-state index is 0.165. The fraction of sp³-hybridized carbons (Fsp3) is 0.389. The second-order valence-corrected chi connectivity index (χ2v) is 7.14. The standard InChI is InChI=1S/C18H22N8O/c1-9(2)16-13-8-12(6-7-14(13)20-21-16)19-17(27)15-10(3)25(5)18-22-23-24-26(18)11(15)4/h6-9,11H,1-5H3,(H,19,27)(H,20,21). The predicted molar refractivity (Wildman–Crippen MR) is 102 cm³/mol. The highest BCUT2D eigenvalue weighted by molar-refractivity contribution is 6.06. The van der Waals surface area contributed by atoms with Crippen molar-refractivity contribution in [3.63, 3.8) is 0 Å². The number of fused-ring (bicyclic) bond motifs is 2. The lowest BCUT2D eigenvalue weighted by molar-refractivity contribution is -0.113. The van der Waals surface area contributed by atoms with E-state index in [1.807, 2.05) is 44.0 Å². The van der Waals surface area contributed by atoms with E-state index < -0.39 is 0 Å². The van der Waals surface area contributed by atoms with E-state index in [9.17, 15) is 4.79 Å². The van der Waals surface area contributed by atoms with Crippen molar-refractivity contribution in [1.29, 1.82) is 0 Å². The van der Waals surface area contributed by atoms with E-state index in [0.717, 1.165) is 28.0 Å². The van der Waals surface area contributed by atoms with Crippen molar-refractivity contribution >= 4 is 28.4 Å². The average molecular weight is 366 g/mol. The molecule has 1 aliphatic heterocycles. The number of carbonyl (C=O) groups excluding carboxylic acids is 1. The first-order valence-electron chi connectivity index (χ1n) is 8.90. The summed E-state index contributed by atoms with van der Waals surface area (Å²) in [6.07, 6.45) is 0. The molecule has 1 aliphatic rings. The zero-order valence-electron chi connectivity index (χ0n) is 16.0. The van der Waals surface area contributed by atoms with Gasteiger partial charge in [0.15, 0.2) is 0 Å². The van der Waals surface area contributed by atoms with Crippen LogP contribution in [0.25, 0.3) is 10.9 Å². The molecular weight excluding hydrogens is 344 g/mol. The van der Waals surface area contributed by atoms with Gasteiger partial charge in [-0.15, -0.1) is 0 Å². The number of nitrogens with one attached hydrogen (secondary N) is 2. The normalized spacial score (nSPS) is 17.0. The number of nitrogens with zero attached hydrogens (tertiary/aromatic N) is 6. The Morgan fingerprint density at radius 3 is 2.85 bits per heavy atom. The van der Waals surface area contributed by atoms with Crippen LogP contribution in [0.1, 0.15) is 45.3 Å². The molecule has 0 saturated carbocycles. The van der Waals surface area contributed by atoms with Crippen LogP contribution in [0.15, 0.2) is 29.5 Å². The Hall–Kier alpha value is -3.23. The first kappa shape index (κ1) is 17.2. The second kappa shape index (κ2) is 6.19. The van der Waals surface area contributed by atoms with Gasteiger partial charge in [-0.05, 0) is 48.4 Å². The van der Waals surface area contributed by atoms with Crippen molar-refractivity contribution < 1.29 is 4.79 Å². The van der Waals surface area contributed by atoms with Gasteiger partial charge in [-0.1, -0.05) is 18.9 Å². The maximum Gasteiger partial charge on any atom is 0.255 e. The van der Waals surface area contributed by atoms with Gasteiger partial charge in [0.25, 0.3) is 5.91 Å². The molecule has 1 amide bonds. The Balaban J connectivity index is 1.67. The van der Waals surface area contributed by atoms with Crippen LogP contribution in [-0.2, 0) is 4.79 Å². The van der Waals surface area contributed by atoms with Crippen LogP contribution in [0, 0.1) is 0 Å². The molecule has 2 N–H and O–H groups in total.